The van der Waals surface area contributed by atoms with Gasteiger partial charge in [-0.1, -0.05) is 0 Å². The molecule has 1 amide bonds. The van der Waals surface area contributed by atoms with E-state index in [1.165, 1.54) is 0 Å². The molecule has 1 spiro atoms. The first-order valence-electron chi connectivity index (χ1n) is 9.34. The van der Waals surface area contributed by atoms with E-state index in [1.807, 2.05) is 12.1 Å². The fourth-order valence-corrected chi connectivity index (χ4v) is 4.15. The summed E-state index contributed by atoms with van der Waals surface area (Å²) in [7, 11) is 3.58. The number of aromatic nitrogens is 1. The third-order valence-electron chi connectivity index (χ3n) is 5.91. The molecule has 7 heteroatoms. The first kappa shape index (κ1) is 17.7. The maximum Gasteiger partial charge on any atom is 0.228 e. The molecule has 3 fully saturated rings. The zero-order valence-electron chi connectivity index (χ0n) is 15.5. The summed E-state index contributed by atoms with van der Waals surface area (Å²) in [5.41, 5.74) is 0.780. The number of carbonyl (C=O) groups is 1. The van der Waals surface area contributed by atoms with Gasteiger partial charge in [0, 0.05) is 40.0 Å². The summed E-state index contributed by atoms with van der Waals surface area (Å²) in [6, 6.07) is 3.90. The van der Waals surface area contributed by atoms with E-state index in [1.54, 1.807) is 25.2 Å². The lowest BCUT2D eigenvalue weighted by Gasteiger charge is -2.42. The summed E-state index contributed by atoms with van der Waals surface area (Å²) in [6.07, 6.45) is 4.35. The van der Waals surface area contributed by atoms with Crippen LogP contribution in [0, 0.1) is 5.92 Å². The Bertz CT molecular complexity index is 654. The zero-order chi connectivity index (χ0) is 18.4. The summed E-state index contributed by atoms with van der Waals surface area (Å²) < 4.78 is 11.5. The van der Waals surface area contributed by atoms with Crippen LogP contribution in [0.25, 0.3) is 0 Å². The molecule has 1 aliphatic carbocycles. The second-order valence-electron chi connectivity index (χ2n) is 7.88. The third kappa shape index (κ3) is 3.08. The van der Waals surface area contributed by atoms with Gasteiger partial charge in [-0.3, -0.25) is 9.78 Å². The van der Waals surface area contributed by atoms with Gasteiger partial charge in [0.05, 0.1) is 36.7 Å². The van der Waals surface area contributed by atoms with Gasteiger partial charge in [0.1, 0.15) is 5.60 Å². The van der Waals surface area contributed by atoms with Crippen molar-refractivity contribution in [1.82, 2.24) is 9.88 Å². The number of anilines is 1. The van der Waals surface area contributed by atoms with Crippen molar-refractivity contribution in [1.29, 1.82) is 0 Å². The minimum absolute atomic E-state index is 0.0646. The smallest absolute Gasteiger partial charge is 0.228 e. The van der Waals surface area contributed by atoms with Crippen LogP contribution in [-0.4, -0.2) is 67.1 Å². The van der Waals surface area contributed by atoms with Crippen molar-refractivity contribution in [2.24, 2.45) is 5.92 Å². The van der Waals surface area contributed by atoms with Gasteiger partial charge in [0.15, 0.2) is 5.79 Å². The number of nitrogens with zero attached hydrogens (tertiary/aromatic N) is 3. The van der Waals surface area contributed by atoms with Crippen LogP contribution in [-0.2, 0) is 19.9 Å². The van der Waals surface area contributed by atoms with Crippen LogP contribution >= 0.6 is 0 Å². The fraction of sp³-hybridized carbons (Fsp3) is 0.684. The van der Waals surface area contributed by atoms with Crippen LogP contribution in [0.15, 0.2) is 18.3 Å². The minimum Gasteiger partial charge on any atom is -0.384 e. The van der Waals surface area contributed by atoms with Crippen LogP contribution in [0.3, 0.4) is 0 Å². The molecule has 1 N–H and O–H groups in total. The van der Waals surface area contributed by atoms with Crippen molar-refractivity contribution in [3.63, 3.8) is 0 Å². The number of hydrogen-bond acceptors (Lipinski definition) is 6. The average Bonchev–Trinajstić information content (AvgIpc) is 3.06. The van der Waals surface area contributed by atoms with Crippen molar-refractivity contribution >= 4 is 11.6 Å². The van der Waals surface area contributed by atoms with Gasteiger partial charge >= 0.3 is 0 Å². The standard InChI is InChI=1S/C19H27N3O4/c1-21(2)17(23)14-12-22(13-14)15-3-4-16(20-11-15)18(24)5-7-19(8-6-18)25-9-10-26-19/h3-4,11,14,24H,5-10,12-13H2,1-2H3. The van der Waals surface area contributed by atoms with E-state index in [2.05, 4.69) is 9.88 Å². The Balaban J connectivity index is 1.37. The Morgan fingerprint density at radius 2 is 1.85 bits per heavy atom. The largest absolute Gasteiger partial charge is 0.384 e. The Morgan fingerprint density at radius 3 is 2.38 bits per heavy atom. The average molecular weight is 361 g/mol. The molecule has 1 saturated carbocycles. The van der Waals surface area contributed by atoms with E-state index in [0.717, 1.165) is 18.8 Å². The normalized spacial score (nSPS) is 24.5. The van der Waals surface area contributed by atoms with Gasteiger partial charge < -0.3 is 24.4 Å². The predicted octanol–water partition coefficient (Wildman–Crippen LogP) is 1.11. The number of amides is 1. The molecule has 0 aromatic carbocycles. The van der Waals surface area contributed by atoms with Gasteiger partial charge in [-0.2, -0.15) is 0 Å². The molecule has 1 aromatic heterocycles. The summed E-state index contributed by atoms with van der Waals surface area (Å²) in [5.74, 6) is -0.250. The Hall–Kier alpha value is -1.70. The van der Waals surface area contributed by atoms with E-state index in [0.29, 0.717) is 44.6 Å². The van der Waals surface area contributed by atoms with Gasteiger partial charge in [-0.15, -0.1) is 0 Å². The Morgan fingerprint density at radius 1 is 1.19 bits per heavy atom. The lowest BCUT2D eigenvalue weighted by molar-refractivity contribution is -0.204. The van der Waals surface area contributed by atoms with Crippen LogP contribution in [0.4, 0.5) is 5.69 Å². The summed E-state index contributed by atoms with van der Waals surface area (Å²) >= 11 is 0. The SMILES string of the molecule is CN(C)C(=O)C1CN(c2ccc(C3(O)CCC4(CC3)OCCO4)nc2)C1. The number of hydrogen-bond donors (Lipinski definition) is 1. The van der Waals surface area contributed by atoms with Crippen molar-refractivity contribution in [3.05, 3.63) is 24.0 Å². The maximum atomic E-state index is 11.9. The maximum absolute atomic E-state index is 11.9. The molecule has 2 saturated heterocycles. The van der Waals surface area contributed by atoms with Crippen molar-refractivity contribution in [2.45, 2.75) is 37.1 Å². The molecular weight excluding hydrogens is 334 g/mol. The molecule has 0 bridgehead atoms. The van der Waals surface area contributed by atoms with Gasteiger partial charge in [-0.25, -0.2) is 0 Å². The quantitative estimate of drug-likeness (QED) is 0.869. The second-order valence-corrected chi connectivity index (χ2v) is 7.88. The monoisotopic (exact) mass is 361 g/mol. The lowest BCUT2D eigenvalue weighted by Crippen LogP contribution is -2.53. The highest BCUT2D eigenvalue weighted by molar-refractivity contribution is 5.81. The van der Waals surface area contributed by atoms with Crippen LogP contribution < -0.4 is 4.90 Å². The molecule has 1 aromatic rings. The molecule has 7 nitrogen and oxygen atoms in total. The van der Waals surface area contributed by atoms with Crippen LogP contribution in [0.2, 0.25) is 0 Å². The van der Waals surface area contributed by atoms with E-state index in [9.17, 15) is 9.90 Å². The van der Waals surface area contributed by atoms with Gasteiger partial charge in [0.25, 0.3) is 0 Å². The van der Waals surface area contributed by atoms with Crippen molar-refractivity contribution in [3.8, 4) is 0 Å². The predicted molar refractivity (Wildman–Crippen MR) is 95.6 cm³/mol. The molecule has 0 radical (unpaired) electrons. The van der Waals surface area contributed by atoms with E-state index in [4.69, 9.17) is 9.47 Å². The minimum atomic E-state index is -0.919. The number of aliphatic hydroxyl groups is 1. The number of rotatable bonds is 3. The van der Waals surface area contributed by atoms with Crippen LogP contribution in [0.1, 0.15) is 31.4 Å². The van der Waals surface area contributed by atoms with Gasteiger partial charge in [0.2, 0.25) is 5.91 Å². The molecule has 26 heavy (non-hydrogen) atoms. The van der Waals surface area contributed by atoms with Gasteiger partial charge in [-0.05, 0) is 25.0 Å². The van der Waals surface area contributed by atoms with E-state index < -0.39 is 11.4 Å². The second kappa shape index (κ2) is 6.48. The van der Waals surface area contributed by atoms with Crippen molar-refractivity contribution < 1.29 is 19.4 Å². The summed E-state index contributed by atoms with van der Waals surface area (Å²) in [4.78, 5) is 20.3. The highest BCUT2D eigenvalue weighted by Gasteiger charge is 2.46. The first-order chi connectivity index (χ1) is 12.4. The molecule has 4 rings (SSSR count). The van der Waals surface area contributed by atoms with Crippen LogP contribution in [0.5, 0.6) is 0 Å². The molecule has 3 heterocycles. The topological polar surface area (TPSA) is 75.1 Å². The zero-order valence-corrected chi connectivity index (χ0v) is 15.5. The first-order valence-corrected chi connectivity index (χ1v) is 9.34. The molecular formula is C19H27N3O4. The number of carbonyl (C=O) groups excluding carboxylic acids is 1. The van der Waals surface area contributed by atoms with Crippen molar-refractivity contribution in [2.75, 3.05) is 45.3 Å². The van der Waals surface area contributed by atoms with E-state index >= 15 is 0 Å². The number of ether oxygens (including phenoxy) is 2. The third-order valence-corrected chi connectivity index (χ3v) is 5.91. The molecule has 0 unspecified atom stereocenters. The molecule has 3 aliphatic rings. The molecule has 2 aliphatic heterocycles. The Kier molecular flexibility index (Phi) is 4.41. The fourth-order valence-electron chi connectivity index (χ4n) is 4.15. The highest BCUT2D eigenvalue weighted by Crippen LogP contribution is 2.44. The molecule has 142 valence electrons. The summed E-state index contributed by atoms with van der Waals surface area (Å²) in [6.45, 7) is 2.72. The van der Waals surface area contributed by atoms with E-state index in [-0.39, 0.29) is 11.8 Å². The molecule has 0 atom stereocenters. The lowest BCUT2D eigenvalue weighted by atomic mass is 9.79. The highest BCUT2D eigenvalue weighted by atomic mass is 16.7. The number of pyridine rings is 1. The summed E-state index contributed by atoms with van der Waals surface area (Å²) in [5, 5.41) is 11.0. The Labute approximate surface area is 153 Å².